The van der Waals surface area contributed by atoms with E-state index in [0.717, 1.165) is 48.4 Å². The van der Waals surface area contributed by atoms with E-state index in [1.165, 1.54) is 6.26 Å². The Labute approximate surface area is 195 Å². The number of amides is 2. The number of benzene rings is 3. The molecular weight excluding hydrogens is 434 g/mol. The Morgan fingerprint density at radius 3 is 2.27 bits per heavy atom. The summed E-state index contributed by atoms with van der Waals surface area (Å²) in [5, 5.41) is 3.10. The molecule has 0 aromatic heterocycles. The van der Waals surface area contributed by atoms with Gasteiger partial charge in [-0.15, -0.1) is 0 Å². The number of urea groups is 1. The van der Waals surface area contributed by atoms with Crippen molar-refractivity contribution in [2.75, 3.05) is 37.8 Å². The highest BCUT2D eigenvalue weighted by atomic mass is 32.2. The second-order valence-corrected chi connectivity index (χ2v) is 10.4. The van der Waals surface area contributed by atoms with E-state index in [1.807, 2.05) is 71.6 Å². The van der Waals surface area contributed by atoms with Crippen molar-refractivity contribution in [2.24, 2.45) is 0 Å². The van der Waals surface area contributed by atoms with Crippen molar-refractivity contribution in [2.45, 2.75) is 17.9 Å². The number of nitrogens with zero attached hydrogens (tertiary/aromatic N) is 2. The predicted octanol–water partition coefficient (Wildman–Crippen LogP) is 4.50. The van der Waals surface area contributed by atoms with Crippen molar-refractivity contribution in [3.63, 3.8) is 0 Å². The third kappa shape index (κ3) is 6.00. The van der Waals surface area contributed by atoms with E-state index >= 15 is 0 Å². The number of carbonyl (C=O) groups excluding carboxylic acids is 1. The molecule has 172 valence electrons. The second kappa shape index (κ2) is 10.2. The Morgan fingerprint density at radius 2 is 1.55 bits per heavy atom. The van der Waals surface area contributed by atoms with Crippen molar-refractivity contribution in [1.82, 2.24) is 9.80 Å². The van der Waals surface area contributed by atoms with Crippen LogP contribution in [0.5, 0.6) is 0 Å². The predicted molar refractivity (Wildman–Crippen MR) is 132 cm³/mol. The van der Waals surface area contributed by atoms with Crippen LogP contribution < -0.4 is 5.32 Å². The van der Waals surface area contributed by atoms with Crippen molar-refractivity contribution in [3.8, 4) is 11.1 Å². The van der Waals surface area contributed by atoms with Crippen LogP contribution in [-0.2, 0) is 16.4 Å². The largest absolute Gasteiger partial charge is 0.323 e. The Balaban J connectivity index is 1.37. The van der Waals surface area contributed by atoms with Crippen LogP contribution in [0.2, 0.25) is 0 Å². The second-order valence-electron chi connectivity index (χ2n) is 8.37. The van der Waals surface area contributed by atoms with E-state index in [2.05, 4.69) is 10.2 Å². The van der Waals surface area contributed by atoms with Gasteiger partial charge in [-0.05, 0) is 35.7 Å². The van der Waals surface area contributed by atoms with Gasteiger partial charge in [-0.25, -0.2) is 13.2 Å². The molecule has 33 heavy (non-hydrogen) atoms. The minimum atomic E-state index is -3.19. The quantitative estimate of drug-likeness (QED) is 0.605. The zero-order valence-corrected chi connectivity index (χ0v) is 19.6. The molecule has 6 nitrogen and oxygen atoms in total. The summed E-state index contributed by atoms with van der Waals surface area (Å²) in [4.78, 5) is 17.5. The topological polar surface area (TPSA) is 69.7 Å². The molecule has 2 amide bonds. The molecule has 1 heterocycles. The monoisotopic (exact) mass is 463 g/mol. The number of sulfone groups is 1. The van der Waals surface area contributed by atoms with Gasteiger partial charge in [0.1, 0.15) is 0 Å². The smallest absolute Gasteiger partial charge is 0.321 e. The molecule has 1 fully saturated rings. The van der Waals surface area contributed by atoms with Crippen LogP contribution in [0.25, 0.3) is 11.1 Å². The Hall–Kier alpha value is -3.16. The highest BCUT2D eigenvalue weighted by Gasteiger charge is 2.20. The normalized spacial score (nSPS) is 15.1. The first kappa shape index (κ1) is 23.0. The molecular formula is C26H29N3O3S. The number of anilines is 1. The summed E-state index contributed by atoms with van der Waals surface area (Å²) in [7, 11) is -3.19. The van der Waals surface area contributed by atoms with Gasteiger partial charge in [0.15, 0.2) is 9.84 Å². The molecule has 3 aromatic carbocycles. The number of rotatable bonds is 5. The average Bonchev–Trinajstić information content (AvgIpc) is 3.05. The van der Waals surface area contributed by atoms with Gasteiger partial charge in [0.25, 0.3) is 0 Å². The molecule has 1 N–H and O–H groups in total. The minimum absolute atomic E-state index is 0.0854. The van der Waals surface area contributed by atoms with Crippen molar-refractivity contribution in [3.05, 3.63) is 84.4 Å². The van der Waals surface area contributed by atoms with Crippen molar-refractivity contribution >= 4 is 21.6 Å². The molecule has 0 bridgehead atoms. The molecule has 7 heteroatoms. The highest BCUT2D eigenvalue weighted by Crippen LogP contribution is 2.27. The third-order valence-electron chi connectivity index (χ3n) is 5.89. The molecule has 1 aliphatic heterocycles. The van der Waals surface area contributed by atoms with Gasteiger partial charge < -0.3 is 10.2 Å². The van der Waals surface area contributed by atoms with E-state index in [0.29, 0.717) is 18.0 Å². The number of hydrogen-bond donors (Lipinski definition) is 1. The molecule has 0 spiro atoms. The fourth-order valence-electron chi connectivity index (χ4n) is 4.09. The van der Waals surface area contributed by atoms with Gasteiger partial charge in [-0.1, -0.05) is 60.7 Å². The first-order valence-electron chi connectivity index (χ1n) is 11.1. The van der Waals surface area contributed by atoms with Crippen LogP contribution in [0.4, 0.5) is 10.5 Å². The number of hydrogen-bond acceptors (Lipinski definition) is 4. The number of para-hydroxylation sites is 1. The molecule has 0 saturated carbocycles. The summed E-state index contributed by atoms with van der Waals surface area (Å²) >= 11 is 0. The maximum atomic E-state index is 13.0. The molecule has 4 rings (SSSR count). The van der Waals surface area contributed by atoms with Gasteiger partial charge in [-0.3, -0.25) is 4.90 Å². The molecule has 0 atom stereocenters. The number of carbonyl (C=O) groups is 1. The van der Waals surface area contributed by atoms with Crippen LogP contribution in [0.1, 0.15) is 12.0 Å². The van der Waals surface area contributed by atoms with E-state index < -0.39 is 9.84 Å². The summed E-state index contributed by atoms with van der Waals surface area (Å²) in [5.41, 5.74) is 3.94. The fourth-order valence-corrected chi connectivity index (χ4v) is 4.72. The Kier molecular flexibility index (Phi) is 7.11. The summed E-state index contributed by atoms with van der Waals surface area (Å²) in [6.45, 7) is 3.72. The molecule has 3 aromatic rings. The molecule has 0 unspecified atom stereocenters. The van der Waals surface area contributed by atoms with Crippen LogP contribution in [0.3, 0.4) is 0 Å². The van der Waals surface area contributed by atoms with Gasteiger partial charge in [0.2, 0.25) is 0 Å². The lowest BCUT2D eigenvalue weighted by atomic mass is 10.0. The van der Waals surface area contributed by atoms with E-state index in [1.54, 1.807) is 12.1 Å². The zero-order chi connectivity index (χ0) is 23.3. The maximum absolute atomic E-state index is 13.0. The summed E-state index contributed by atoms with van der Waals surface area (Å²) in [6.07, 6.45) is 2.10. The Morgan fingerprint density at radius 1 is 0.848 bits per heavy atom. The van der Waals surface area contributed by atoms with Gasteiger partial charge >= 0.3 is 6.03 Å². The van der Waals surface area contributed by atoms with Crippen LogP contribution in [0, 0.1) is 0 Å². The lowest BCUT2D eigenvalue weighted by molar-refractivity contribution is 0.211. The molecule has 0 aliphatic carbocycles. The summed E-state index contributed by atoms with van der Waals surface area (Å²) in [5.74, 6) is 0. The molecule has 0 radical (unpaired) electrons. The highest BCUT2D eigenvalue weighted by molar-refractivity contribution is 7.90. The first-order chi connectivity index (χ1) is 15.9. The SMILES string of the molecule is CS(=O)(=O)c1ccc(CN2CCCN(C(=O)Nc3ccccc3-c3ccccc3)CC2)cc1. The third-order valence-corrected chi connectivity index (χ3v) is 7.02. The lowest BCUT2D eigenvalue weighted by Gasteiger charge is -2.23. The van der Waals surface area contributed by atoms with Crippen LogP contribution in [-0.4, -0.2) is 56.7 Å². The van der Waals surface area contributed by atoms with E-state index in [4.69, 9.17) is 0 Å². The Bertz CT molecular complexity index is 1190. The van der Waals surface area contributed by atoms with E-state index in [9.17, 15) is 13.2 Å². The number of nitrogens with one attached hydrogen (secondary N) is 1. The van der Waals surface area contributed by atoms with Crippen LogP contribution >= 0.6 is 0 Å². The zero-order valence-electron chi connectivity index (χ0n) is 18.8. The first-order valence-corrected chi connectivity index (χ1v) is 13.0. The fraction of sp³-hybridized carbons (Fsp3) is 0.269. The minimum Gasteiger partial charge on any atom is -0.323 e. The summed E-state index contributed by atoms with van der Waals surface area (Å²) in [6, 6.07) is 24.9. The van der Waals surface area contributed by atoms with Crippen LogP contribution in [0.15, 0.2) is 83.8 Å². The maximum Gasteiger partial charge on any atom is 0.321 e. The van der Waals surface area contributed by atoms with Gasteiger partial charge in [0, 0.05) is 44.5 Å². The van der Waals surface area contributed by atoms with Gasteiger partial charge in [-0.2, -0.15) is 0 Å². The standard InChI is InChI=1S/C26H29N3O3S/c1-33(31,32)23-14-12-21(13-15-23)20-28-16-7-17-29(19-18-28)26(30)27-25-11-6-5-10-24(25)22-8-3-2-4-9-22/h2-6,8-15H,7,16-20H2,1H3,(H,27,30). The van der Waals surface area contributed by atoms with Crippen molar-refractivity contribution < 1.29 is 13.2 Å². The lowest BCUT2D eigenvalue weighted by Crippen LogP contribution is -2.38. The van der Waals surface area contributed by atoms with Crippen molar-refractivity contribution in [1.29, 1.82) is 0 Å². The molecule has 1 aliphatic rings. The average molecular weight is 464 g/mol. The molecule has 1 saturated heterocycles. The van der Waals surface area contributed by atoms with E-state index in [-0.39, 0.29) is 6.03 Å². The summed E-state index contributed by atoms with van der Waals surface area (Å²) < 4.78 is 23.3. The van der Waals surface area contributed by atoms with Gasteiger partial charge in [0.05, 0.1) is 10.6 Å².